The van der Waals surface area contributed by atoms with Crippen LogP contribution in [0.5, 0.6) is 5.75 Å². The van der Waals surface area contributed by atoms with Crippen molar-refractivity contribution in [3.63, 3.8) is 0 Å². The maximum absolute atomic E-state index is 13.4. The van der Waals surface area contributed by atoms with Crippen molar-refractivity contribution in [3.05, 3.63) is 58.0 Å². The van der Waals surface area contributed by atoms with E-state index in [0.717, 1.165) is 40.6 Å². The van der Waals surface area contributed by atoms with Crippen molar-refractivity contribution in [1.29, 1.82) is 0 Å². The number of aryl methyl sites for hydroxylation is 1. The molecular formula is C23H25N3O2S2. The maximum atomic E-state index is 13.4. The van der Waals surface area contributed by atoms with Crippen molar-refractivity contribution < 1.29 is 9.90 Å². The third-order valence-corrected chi connectivity index (χ3v) is 7.44. The van der Waals surface area contributed by atoms with Gasteiger partial charge in [-0.3, -0.25) is 9.69 Å². The Morgan fingerprint density at radius 2 is 1.87 bits per heavy atom. The molecular weight excluding hydrogens is 414 g/mol. The van der Waals surface area contributed by atoms with Crippen LogP contribution in [0.2, 0.25) is 0 Å². The Morgan fingerprint density at radius 3 is 2.60 bits per heavy atom. The number of para-hydroxylation sites is 1. The fourth-order valence-electron chi connectivity index (χ4n) is 3.48. The van der Waals surface area contributed by atoms with Crippen LogP contribution in [0.4, 0.5) is 11.4 Å². The van der Waals surface area contributed by atoms with Gasteiger partial charge in [-0.15, -0.1) is 0 Å². The van der Waals surface area contributed by atoms with E-state index in [-0.39, 0.29) is 11.7 Å². The van der Waals surface area contributed by atoms with Gasteiger partial charge in [-0.2, -0.15) is 0 Å². The van der Waals surface area contributed by atoms with Crippen LogP contribution in [0.25, 0.3) is 0 Å². The number of aromatic hydroxyl groups is 1. The number of aliphatic imine (C=N–C) groups is 1. The molecule has 5 nitrogen and oxygen atoms in total. The zero-order valence-corrected chi connectivity index (χ0v) is 19.0. The number of nitrogens with zero attached hydrogens (tertiary/aromatic N) is 3. The van der Waals surface area contributed by atoms with Crippen LogP contribution in [0.1, 0.15) is 32.3 Å². The highest BCUT2D eigenvalue weighted by Crippen LogP contribution is 2.50. The molecule has 2 aromatic rings. The molecule has 0 spiro atoms. The second-order valence-corrected chi connectivity index (χ2v) is 9.26. The maximum Gasteiger partial charge on any atom is 0.269 e. The Kier molecular flexibility index (Phi) is 6.11. The van der Waals surface area contributed by atoms with Crippen LogP contribution in [-0.4, -0.2) is 34.2 Å². The molecule has 0 radical (unpaired) electrons. The molecule has 2 aliphatic rings. The lowest BCUT2D eigenvalue weighted by Gasteiger charge is -2.19. The van der Waals surface area contributed by atoms with E-state index < -0.39 is 0 Å². The Morgan fingerprint density at radius 1 is 1.07 bits per heavy atom. The highest BCUT2D eigenvalue weighted by molar-refractivity contribution is 8.19. The number of benzene rings is 2. The summed E-state index contributed by atoms with van der Waals surface area (Å²) in [6, 6.07) is 13.6. The Bertz CT molecular complexity index is 1050. The average molecular weight is 440 g/mol. The summed E-state index contributed by atoms with van der Waals surface area (Å²) in [5, 5.41) is 11.9. The topological polar surface area (TPSA) is 56.1 Å². The van der Waals surface area contributed by atoms with Gasteiger partial charge in [0, 0.05) is 18.0 Å². The van der Waals surface area contributed by atoms with Crippen molar-refractivity contribution in [2.45, 2.75) is 38.5 Å². The number of phenolic OH excluding ortho intramolecular Hbond substituents is 1. The zero-order chi connectivity index (χ0) is 21.3. The predicted octanol–water partition coefficient (Wildman–Crippen LogP) is 5.86. The largest absolute Gasteiger partial charge is 0.506 e. The number of unbranched alkanes of at least 4 members (excludes halogenated alkanes) is 1. The minimum absolute atomic E-state index is 0.00689. The summed E-state index contributed by atoms with van der Waals surface area (Å²) in [6.45, 7) is 7.54. The smallest absolute Gasteiger partial charge is 0.269 e. The standard InChI is InChI=1S/C23H25N3O2S2/c1-4-6-13-26-21(28)20(22-25(5-2)17-9-7-8-10-19(17)29-22)30-23(26)24-16-12-11-15(3)14-18(16)27/h7-12,14,27H,4-6,13H2,1-3H3. The number of rotatable bonds is 5. The highest BCUT2D eigenvalue weighted by Gasteiger charge is 2.39. The molecule has 0 saturated carbocycles. The first-order valence-corrected chi connectivity index (χ1v) is 11.8. The monoisotopic (exact) mass is 439 g/mol. The molecule has 2 aliphatic heterocycles. The Balaban J connectivity index is 1.75. The van der Waals surface area contributed by atoms with E-state index in [4.69, 9.17) is 0 Å². The van der Waals surface area contributed by atoms with Gasteiger partial charge < -0.3 is 10.0 Å². The van der Waals surface area contributed by atoms with Gasteiger partial charge in [-0.1, -0.05) is 43.3 Å². The molecule has 0 bridgehead atoms. The van der Waals surface area contributed by atoms with E-state index in [9.17, 15) is 9.90 Å². The summed E-state index contributed by atoms with van der Waals surface area (Å²) in [4.78, 5) is 23.9. The van der Waals surface area contributed by atoms with Gasteiger partial charge in [0.15, 0.2) is 5.17 Å². The number of amidine groups is 1. The summed E-state index contributed by atoms with van der Waals surface area (Å²) >= 11 is 3.05. The molecule has 2 heterocycles. The van der Waals surface area contributed by atoms with Gasteiger partial charge in [0.1, 0.15) is 21.4 Å². The number of hydrogen-bond donors (Lipinski definition) is 1. The molecule has 30 heavy (non-hydrogen) atoms. The molecule has 2 aromatic carbocycles. The Hall–Kier alpha value is -2.38. The third-order valence-electron chi connectivity index (χ3n) is 5.06. The first-order valence-electron chi connectivity index (χ1n) is 10.2. The summed E-state index contributed by atoms with van der Waals surface area (Å²) < 4.78 is 0. The summed E-state index contributed by atoms with van der Waals surface area (Å²) in [6.07, 6.45) is 1.89. The number of anilines is 1. The molecule has 0 atom stereocenters. The first-order chi connectivity index (χ1) is 14.5. The normalized spacial score (nSPS) is 19.8. The fourth-order valence-corrected chi connectivity index (χ4v) is 5.89. The Labute approximate surface area is 185 Å². The summed E-state index contributed by atoms with van der Waals surface area (Å²) in [5.74, 6) is 0.123. The van der Waals surface area contributed by atoms with Crippen molar-refractivity contribution in [3.8, 4) is 5.75 Å². The molecule has 0 aromatic heterocycles. The lowest BCUT2D eigenvalue weighted by molar-refractivity contribution is -0.122. The SMILES string of the molecule is CCCCN1C(=O)C(=C2Sc3ccccc3N2CC)SC1=Nc1ccc(C)cc1O. The summed E-state index contributed by atoms with van der Waals surface area (Å²) in [5.41, 5.74) is 2.59. The molecule has 7 heteroatoms. The molecule has 156 valence electrons. The van der Waals surface area contributed by atoms with E-state index in [1.165, 1.54) is 11.8 Å². The number of carbonyl (C=O) groups is 1. The van der Waals surface area contributed by atoms with Crippen molar-refractivity contribution in [2.75, 3.05) is 18.0 Å². The predicted molar refractivity (Wildman–Crippen MR) is 126 cm³/mol. The van der Waals surface area contributed by atoms with Crippen LogP contribution in [0, 0.1) is 6.92 Å². The molecule has 1 N–H and O–H groups in total. The third kappa shape index (κ3) is 3.84. The van der Waals surface area contributed by atoms with E-state index in [1.807, 2.05) is 25.1 Å². The molecule has 4 rings (SSSR count). The number of hydrogen-bond acceptors (Lipinski definition) is 6. The second kappa shape index (κ2) is 8.78. The lowest BCUT2D eigenvalue weighted by Crippen LogP contribution is -2.30. The van der Waals surface area contributed by atoms with Crippen molar-refractivity contribution >= 4 is 46.0 Å². The van der Waals surface area contributed by atoms with Crippen molar-refractivity contribution in [2.24, 2.45) is 4.99 Å². The van der Waals surface area contributed by atoms with Gasteiger partial charge in [0.25, 0.3) is 5.91 Å². The molecule has 1 saturated heterocycles. The second-order valence-electron chi connectivity index (χ2n) is 7.25. The van der Waals surface area contributed by atoms with Gasteiger partial charge >= 0.3 is 0 Å². The molecule has 0 unspecified atom stereocenters. The van der Waals surface area contributed by atoms with E-state index in [0.29, 0.717) is 22.3 Å². The average Bonchev–Trinajstić information content (AvgIpc) is 3.25. The molecule has 1 amide bonds. The minimum Gasteiger partial charge on any atom is -0.506 e. The van der Waals surface area contributed by atoms with E-state index in [1.54, 1.807) is 28.8 Å². The van der Waals surface area contributed by atoms with Gasteiger partial charge in [-0.05, 0) is 61.9 Å². The number of fused-ring (bicyclic) bond motifs is 1. The van der Waals surface area contributed by atoms with Crippen LogP contribution in [0.15, 0.2) is 62.3 Å². The quantitative estimate of drug-likeness (QED) is 0.591. The van der Waals surface area contributed by atoms with Gasteiger partial charge in [0.05, 0.1) is 5.69 Å². The van der Waals surface area contributed by atoms with E-state index in [2.05, 4.69) is 35.9 Å². The highest BCUT2D eigenvalue weighted by atomic mass is 32.2. The minimum atomic E-state index is -0.00689. The zero-order valence-electron chi connectivity index (χ0n) is 17.4. The first kappa shape index (κ1) is 20.9. The fraction of sp³-hybridized carbons (Fsp3) is 0.304. The molecule has 1 fully saturated rings. The van der Waals surface area contributed by atoms with E-state index >= 15 is 0 Å². The van der Waals surface area contributed by atoms with Gasteiger partial charge in [-0.25, -0.2) is 4.99 Å². The number of thioether (sulfide) groups is 2. The number of amides is 1. The van der Waals surface area contributed by atoms with Crippen LogP contribution >= 0.6 is 23.5 Å². The van der Waals surface area contributed by atoms with Crippen LogP contribution in [0.3, 0.4) is 0 Å². The summed E-state index contributed by atoms with van der Waals surface area (Å²) in [7, 11) is 0. The lowest BCUT2D eigenvalue weighted by atomic mass is 10.2. The molecule has 0 aliphatic carbocycles. The number of carbonyl (C=O) groups excluding carboxylic acids is 1. The van der Waals surface area contributed by atoms with Crippen LogP contribution in [-0.2, 0) is 4.79 Å². The van der Waals surface area contributed by atoms with Gasteiger partial charge in [0.2, 0.25) is 0 Å². The van der Waals surface area contributed by atoms with Crippen molar-refractivity contribution in [1.82, 2.24) is 4.90 Å². The number of phenols is 1. The van der Waals surface area contributed by atoms with Crippen LogP contribution < -0.4 is 4.90 Å².